The molecule has 7 N–H and O–H groups in total. The van der Waals surface area contributed by atoms with Crippen molar-refractivity contribution in [3.8, 4) is 22.4 Å². The molecule has 2 heterocycles. The predicted molar refractivity (Wildman–Crippen MR) is 165 cm³/mol. The Labute approximate surface area is 243 Å². The van der Waals surface area contributed by atoms with E-state index in [4.69, 9.17) is 21.9 Å². The lowest BCUT2D eigenvalue weighted by Gasteiger charge is -2.27. The monoisotopic (exact) mass is 574 g/mol. The van der Waals surface area contributed by atoms with Gasteiger partial charge in [-0.2, -0.15) is 4.99 Å². The Kier molecular flexibility index (Phi) is 8.98. The Hall–Kier alpha value is -3.96. The zero-order valence-corrected chi connectivity index (χ0v) is 25.4. The topological polar surface area (TPSA) is 166 Å². The minimum Gasteiger partial charge on any atom is -0.444 e. The van der Waals surface area contributed by atoms with E-state index >= 15 is 0 Å². The van der Waals surface area contributed by atoms with Crippen molar-refractivity contribution < 1.29 is 14.3 Å². The molecule has 2 aromatic carbocycles. The first kappa shape index (κ1) is 30.0. The summed E-state index contributed by atoms with van der Waals surface area (Å²) < 4.78 is 5.46. The number of carbonyl (C=O) groups is 2. The SMILES string of the molecule is C[Si](C)CC(N)c1ncc(-c2ccc(-c3ccc(N)c(C(N)=NC(=O)C4CCCN4C(=O)OC(C)(C)C)c3)cc2)[nH]1. The van der Waals surface area contributed by atoms with Gasteiger partial charge in [0.2, 0.25) is 0 Å². The summed E-state index contributed by atoms with van der Waals surface area (Å²) in [7, 11) is -0.458. The Bertz CT molecular complexity index is 1430. The van der Waals surface area contributed by atoms with Crippen molar-refractivity contribution in [3.63, 3.8) is 0 Å². The quantitative estimate of drug-likeness (QED) is 0.137. The molecule has 0 saturated carbocycles. The molecule has 11 heteroatoms. The maximum atomic E-state index is 13.1. The maximum absolute atomic E-state index is 13.1. The number of ether oxygens (including phenoxy) is 1. The summed E-state index contributed by atoms with van der Waals surface area (Å²) in [6, 6.07) is 13.6. The van der Waals surface area contributed by atoms with Gasteiger partial charge in [-0.05, 0) is 68.5 Å². The number of nitrogens with zero attached hydrogens (tertiary/aromatic N) is 3. The lowest BCUT2D eigenvalue weighted by atomic mass is 9.99. The lowest BCUT2D eigenvalue weighted by molar-refractivity contribution is -0.122. The predicted octanol–water partition coefficient (Wildman–Crippen LogP) is 4.71. The normalized spacial score (nSPS) is 16.7. The number of imidazole rings is 1. The molecule has 1 fully saturated rings. The van der Waals surface area contributed by atoms with Crippen LogP contribution in [0.15, 0.2) is 53.7 Å². The number of likely N-dealkylation sites (tertiary alicyclic amines) is 1. The number of amides is 2. The Morgan fingerprint density at radius 1 is 1.15 bits per heavy atom. The van der Waals surface area contributed by atoms with E-state index in [0.29, 0.717) is 30.6 Å². The number of aromatic nitrogens is 2. The molecule has 2 unspecified atom stereocenters. The van der Waals surface area contributed by atoms with Gasteiger partial charge in [-0.3, -0.25) is 9.69 Å². The van der Waals surface area contributed by atoms with Gasteiger partial charge < -0.3 is 26.9 Å². The average Bonchev–Trinajstić information content (AvgIpc) is 3.58. The fourth-order valence-corrected chi connectivity index (χ4v) is 5.90. The van der Waals surface area contributed by atoms with Crippen LogP contribution in [0.25, 0.3) is 22.4 Å². The number of anilines is 1. The van der Waals surface area contributed by atoms with Gasteiger partial charge in [-0.25, -0.2) is 9.78 Å². The van der Waals surface area contributed by atoms with E-state index in [1.165, 1.54) is 4.90 Å². The van der Waals surface area contributed by atoms with Crippen molar-refractivity contribution >= 4 is 32.3 Å². The highest BCUT2D eigenvalue weighted by atomic mass is 28.3. The number of aliphatic imine (C=N–C) groups is 1. The number of rotatable bonds is 7. The molecule has 2 atom stereocenters. The van der Waals surface area contributed by atoms with Gasteiger partial charge in [0, 0.05) is 26.6 Å². The van der Waals surface area contributed by atoms with Gasteiger partial charge >= 0.3 is 6.09 Å². The number of H-pyrrole nitrogens is 1. The van der Waals surface area contributed by atoms with Crippen LogP contribution in [0.5, 0.6) is 0 Å². The van der Waals surface area contributed by atoms with E-state index < -0.39 is 32.4 Å². The first-order chi connectivity index (χ1) is 19.3. The third-order valence-corrected chi connectivity index (χ3v) is 8.09. The Morgan fingerprint density at radius 2 is 1.80 bits per heavy atom. The van der Waals surface area contributed by atoms with Gasteiger partial charge in [-0.15, -0.1) is 0 Å². The van der Waals surface area contributed by atoms with E-state index in [1.807, 2.05) is 42.6 Å². The summed E-state index contributed by atoms with van der Waals surface area (Å²) in [4.78, 5) is 39.1. The van der Waals surface area contributed by atoms with Crippen molar-refractivity contribution in [1.82, 2.24) is 14.9 Å². The molecule has 0 aliphatic carbocycles. The van der Waals surface area contributed by atoms with Crippen molar-refractivity contribution in [3.05, 3.63) is 60.0 Å². The summed E-state index contributed by atoms with van der Waals surface area (Å²) >= 11 is 0. The zero-order valence-electron chi connectivity index (χ0n) is 24.4. The first-order valence-electron chi connectivity index (χ1n) is 13.8. The molecule has 1 aromatic heterocycles. The molecule has 0 spiro atoms. The molecular weight excluding hydrogens is 534 g/mol. The highest BCUT2D eigenvalue weighted by Crippen LogP contribution is 2.28. The lowest BCUT2D eigenvalue weighted by Crippen LogP contribution is -2.43. The molecular formula is C30H40N7O3Si. The molecule has 217 valence electrons. The second-order valence-corrected chi connectivity index (χ2v) is 14.6. The molecule has 1 aliphatic rings. The van der Waals surface area contributed by atoms with Crippen LogP contribution in [-0.4, -0.2) is 59.7 Å². The summed E-state index contributed by atoms with van der Waals surface area (Å²) in [5.74, 6) is 0.315. The molecule has 1 saturated heterocycles. The van der Waals surface area contributed by atoms with Crippen LogP contribution in [0.1, 0.15) is 51.0 Å². The van der Waals surface area contributed by atoms with E-state index in [2.05, 4.69) is 28.1 Å². The van der Waals surface area contributed by atoms with Crippen molar-refractivity contribution in [1.29, 1.82) is 0 Å². The highest BCUT2D eigenvalue weighted by Gasteiger charge is 2.36. The molecule has 1 aliphatic heterocycles. The highest BCUT2D eigenvalue weighted by molar-refractivity contribution is 6.55. The number of nitrogens with two attached hydrogens (primary N) is 3. The second kappa shape index (κ2) is 12.3. The van der Waals surface area contributed by atoms with Crippen LogP contribution in [0.2, 0.25) is 19.1 Å². The van der Waals surface area contributed by atoms with E-state index in [9.17, 15) is 9.59 Å². The number of nitrogens with one attached hydrogen (secondary N) is 1. The summed E-state index contributed by atoms with van der Waals surface area (Å²) in [5, 5.41) is 0. The zero-order chi connectivity index (χ0) is 29.9. The number of amidine groups is 1. The molecule has 41 heavy (non-hydrogen) atoms. The van der Waals surface area contributed by atoms with Crippen LogP contribution < -0.4 is 17.2 Å². The summed E-state index contributed by atoms with van der Waals surface area (Å²) in [5.41, 5.74) is 22.7. The second-order valence-electron chi connectivity index (χ2n) is 11.7. The van der Waals surface area contributed by atoms with Crippen LogP contribution in [0, 0.1) is 0 Å². The van der Waals surface area contributed by atoms with Gasteiger partial charge in [0.05, 0.1) is 17.9 Å². The number of benzene rings is 2. The van der Waals surface area contributed by atoms with E-state index in [1.54, 1.807) is 26.8 Å². The standard InChI is InChI=1S/C30H40N7O3Si/c1-30(2,3)40-29(39)37-14-6-7-25(37)28(38)36-26(33)21-15-20(12-13-22(21)31)18-8-10-19(11-9-18)24-16-34-27(35-24)23(32)17-41(4)5/h8-13,15-16,23,25H,6-7,14,17,31-32H2,1-5H3,(H,34,35)(H2,33,36,38). The fourth-order valence-electron chi connectivity index (χ4n) is 4.82. The van der Waals surface area contributed by atoms with Crippen LogP contribution >= 0.6 is 0 Å². The molecule has 4 rings (SSSR count). The van der Waals surface area contributed by atoms with Crippen molar-refractivity contribution in [2.75, 3.05) is 12.3 Å². The summed E-state index contributed by atoms with van der Waals surface area (Å²) in [6.45, 7) is 10.3. The molecule has 2 amide bonds. The summed E-state index contributed by atoms with van der Waals surface area (Å²) in [6.07, 6.45) is 2.47. The molecule has 10 nitrogen and oxygen atoms in total. The van der Waals surface area contributed by atoms with Crippen molar-refractivity contribution in [2.45, 2.75) is 70.4 Å². The molecule has 0 bridgehead atoms. The molecule has 1 radical (unpaired) electrons. The maximum Gasteiger partial charge on any atom is 0.410 e. The third-order valence-electron chi connectivity index (χ3n) is 6.83. The number of hydrogen-bond donors (Lipinski definition) is 4. The number of carbonyl (C=O) groups excluding carboxylic acids is 2. The van der Waals surface area contributed by atoms with E-state index in [0.717, 1.165) is 34.3 Å². The van der Waals surface area contributed by atoms with Gasteiger partial charge in [-0.1, -0.05) is 43.4 Å². The largest absolute Gasteiger partial charge is 0.444 e. The first-order valence-corrected chi connectivity index (χ1v) is 16.5. The van der Waals surface area contributed by atoms with Crippen LogP contribution in [0.4, 0.5) is 10.5 Å². The minimum atomic E-state index is -0.718. The van der Waals surface area contributed by atoms with Crippen LogP contribution in [-0.2, 0) is 9.53 Å². The van der Waals surface area contributed by atoms with Gasteiger partial charge in [0.25, 0.3) is 5.91 Å². The number of aromatic amines is 1. The number of hydrogen-bond acceptors (Lipinski definition) is 6. The third kappa shape index (κ3) is 7.41. The Morgan fingerprint density at radius 3 is 2.46 bits per heavy atom. The van der Waals surface area contributed by atoms with E-state index in [-0.39, 0.29) is 11.9 Å². The van der Waals surface area contributed by atoms with Gasteiger partial charge in [0.15, 0.2) is 0 Å². The average molecular weight is 575 g/mol. The number of nitrogen functional groups attached to an aromatic ring is 1. The fraction of sp³-hybridized carbons (Fsp3) is 0.400. The minimum absolute atomic E-state index is 0.00646. The van der Waals surface area contributed by atoms with Crippen LogP contribution in [0.3, 0.4) is 0 Å². The molecule has 3 aromatic rings. The van der Waals surface area contributed by atoms with Crippen molar-refractivity contribution in [2.24, 2.45) is 16.5 Å². The van der Waals surface area contributed by atoms with Gasteiger partial charge in [0.1, 0.15) is 23.3 Å². The Balaban J connectivity index is 1.51. The smallest absolute Gasteiger partial charge is 0.410 e.